The largest absolute Gasteiger partial charge is 0.493 e. The van der Waals surface area contributed by atoms with Crippen LogP contribution in [0.2, 0.25) is 0 Å². The van der Waals surface area contributed by atoms with Crippen molar-refractivity contribution in [3.05, 3.63) is 53.1 Å². The number of rotatable bonds is 6. The first-order chi connectivity index (χ1) is 13.7. The molecule has 7 nitrogen and oxygen atoms in total. The SMILES string of the molecule is COc1ccc([C@H]2CCCN2C(=O)c2ccc(C)c(NS(C)(=O)=O)c2)cc1OC. The Morgan fingerprint density at radius 3 is 2.48 bits per heavy atom. The van der Waals surface area contributed by atoms with Gasteiger partial charge in [-0.1, -0.05) is 12.1 Å². The quantitative estimate of drug-likeness (QED) is 0.778. The third-order valence-corrected chi connectivity index (χ3v) is 5.68. The Hall–Kier alpha value is -2.74. The smallest absolute Gasteiger partial charge is 0.254 e. The highest BCUT2D eigenvalue weighted by Crippen LogP contribution is 2.37. The molecule has 0 bridgehead atoms. The maximum Gasteiger partial charge on any atom is 0.254 e. The molecule has 0 saturated carbocycles. The number of aryl methyl sites for hydroxylation is 1. The van der Waals surface area contributed by atoms with E-state index in [0.717, 1.165) is 30.2 Å². The summed E-state index contributed by atoms with van der Waals surface area (Å²) in [5, 5.41) is 0. The van der Waals surface area contributed by atoms with Crippen LogP contribution in [-0.4, -0.2) is 46.2 Å². The second-order valence-corrected chi connectivity index (χ2v) is 8.92. The molecule has 3 rings (SSSR count). The molecule has 0 unspecified atom stereocenters. The van der Waals surface area contributed by atoms with Crippen molar-refractivity contribution in [1.29, 1.82) is 0 Å². The van der Waals surface area contributed by atoms with Gasteiger partial charge in [-0.25, -0.2) is 8.42 Å². The fourth-order valence-electron chi connectivity index (χ4n) is 3.65. The molecule has 1 saturated heterocycles. The fourth-order valence-corrected chi connectivity index (χ4v) is 4.27. The lowest BCUT2D eigenvalue weighted by atomic mass is 10.0. The van der Waals surface area contributed by atoms with Crippen molar-refractivity contribution in [3.8, 4) is 11.5 Å². The minimum absolute atomic E-state index is 0.0741. The summed E-state index contributed by atoms with van der Waals surface area (Å²) in [6.45, 7) is 2.44. The van der Waals surface area contributed by atoms with E-state index >= 15 is 0 Å². The summed E-state index contributed by atoms with van der Waals surface area (Å²) in [5.41, 5.74) is 2.61. The lowest BCUT2D eigenvalue weighted by Crippen LogP contribution is -2.30. The lowest BCUT2D eigenvalue weighted by Gasteiger charge is -2.26. The molecule has 2 aromatic carbocycles. The number of likely N-dealkylation sites (tertiary alicyclic amines) is 1. The Bertz CT molecular complexity index is 1020. The summed E-state index contributed by atoms with van der Waals surface area (Å²) in [7, 11) is -0.259. The molecule has 0 aliphatic carbocycles. The van der Waals surface area contributed by atoms with Gasteiger partial charge in [-0.15, -0.1) is 0 Å². The van der Waals surface area contributed by atoms with E-state index in [9.17, 15) is 13.2 Å². The second-order valence-electron chi connectivity index (χ2n) is 7.17. The van der Waals surface area contributed by atoms with Gasteiger partial charge in [0.25, 0.3) is 5.91 Å². The maximum absolute atomic E-state index is 13.2. The number of nitrogens with one attached hydrogen (secondary N) is 1. The Kier molecular flexibility index (Phi) is 6.02. The Morgan fingerprint density at radius 1 is 1.10 bits per heavy atom. The molecule has 156 valence electrons. The Labute approximate surface area is 171 Å². The van der Waals surface area contributed by atoms with Crippen molar-refractivity contribution in [1.82, 2.24) is 4.90 Å². The van der Waals surface area contributed by atoms with Crippen molar-refractivity contribution in [2.24, 2.45) is 0 Å². The number of sulfonamides is 1. The monoisotopic (exact) mass is 418 g/mol. The summed E-state index contributed by atoms with van der Waals surface area (Å²) >= 11 is 0. The second kappa shape index (κ2) is 8.32. The predicted molar refractivity (Wildman–Crippen MR) is 112 cm³/mol. The van der Waals surface area contributed by atoms with Crippen molar-refractivity contribution < 1.29 is 22.7 Å². The average molecular weight is 419 g/mol. The minimum atomic E-state index is -3.43. The number of ether oxygens (including phenoxy) is 2. The van der Waals surface area contributed by atoms with Crippen LogP contribution in [0.5, 0.6) is 11.5 Å². The van der Waals surface area contributed by atoms with Crippen LogP contribution in [0.4, 0.5) is 5.69 Å². The highest BCUT2D eigenvalue weighted by molar-refractivity contribution is 7.92. The van der Waals surface area contributed by atoms with Gasteiger partial charge in [0.05, 0.1) is 32.2 Å². The molecule has 1 aliphatic heterocycles. The van der Waals surface area contributed by atoms with Gasteiger partial charge in [0.2, 0.25) is 10.0 Å². The number of methoxy groups -OCH3 is 2. The third-order valence-electron chi connectivity index (χ3n) is 5.09. The van der Waals surface area contributed by atoms with Gasteiger partial charge in [0, 0.05) is 12.1 Å². The van der Waals surface area contributed by atoms with Crippen LogP contribution in [0.1, 0.15) is 40.4 Å². The highest BCUT2D eigenvalue weighted by atomic mass is 32.2. The first kappa shape index (κ1) is 21.0. The zero-order valence-corrected chi connectivity index (χ0v) is 17.9. The fraction of sp³-hybridized carbons (Fsp3) is 0.381. The predicted octanol–water partition coefficient (Wildman–Crippen LogP) is 3.36. The van der Waals surface area contributed by atoms with Gasteiger partial charge in [-0.05, 0) is 55.2 Å². The summed E-state index contributed by atoms with van der Waals surface area (Å²) in [6, 6.07) is 10.7. The van der Waals surface area contributed by atoms with Gasteiger partial charge in [0.1, 0.15) is 0 Å². The number of benzene rings is 2. The number of amides is 1. The molecule has 1 atom stereocenters. The molecule has 1 N–H and O–H groups in total. The van der Waals surface area contributed by atoms with Gasteiger partial charge < -0.3 is 14.4 Å². The zero-order chi connectivity index (χ0) is 21.2. The van der Waals surface area contributed by atoms with E-state index in [-0.39, 0.29) is 11.9 Å². The normalized spacial score (nSPS) is 16.6. The molecule has 1 heterocycles. The topological polar surface area (TPSA) is 84.9 Å². The van der Waals surface area contributed by atoms with Crippen molar-refractivity contribution in [3.63, 3.8) is 0 Å². The first-order valence-electron chi connectivity index (χ1n) is 9.35. The molecule has 1 fully saturated rings. The van der Waals surface area contributed by atoms with Crippen LogP contribution < -0.4 is 14.2 Å². The minimum Gasteiger partial charge on any atom is -0.493 e. The first-order valence-corrected chi connectivity index (χ1v) is 11.2. The van der Waals surface area contributed by atoms with Crippen LogP contribution >= 0.6 is 0 Å². The average Bonchev–Trinajstić information content (AvgIpc) is 3.17. The van der Waals surface area contributed by atoms with Crippen LogP contribution in [0.3, 0.4) is 0 Å². The van der Waals surface area contributed by atoms with E-state index < -0.39 is 10.0 Å². The molecule has 0 spiro atoms. The number of nitrogens with zero attached hydrogens (tertiary/aromatic N) is 1. The number of carbonyl (C=O) groups is 1. The van der Waals surface area contributed by atoms with Gasteiger partial charge >= 0.3 is 0 Å². The van der Waals surface area contributed by atoms with Gasteiger partial charge in [0.15, 0.2) is 11.5 Å². The van der Waals surface area contributed by atoms with E-state index in [4.69, 9.17) is 9.47 Å². The summed E-state index contributed by atoms with van der Waals surface area (Å²) < 4.78 is 36.4. The molecule has 2 aromatic rings. The third kappa shape index (κ3) is 4.64. The van der Waals surface area contributed by atoms with Gasteiger partial charge in [-0.3, -0.25) is 9.52 Å². The van der Waals surface area contributed by atoms with E-state index in [1.54, 1.807) is 39.3 Å². The van der Waals surface area contributed by atoms with Crippen LogP contribution in [0.25, 0.3) is 0 Å². The molecule has 0 radical (unpaired) electrons. The Morgan fingerprint density at radius 2 is 1.83 bits per heavy atom. The van der Waals surface area contributed by atoms with Gasteiger partial charge in [-0.2, -0.15) is 0 Å². The maximum atomic E-state index is 13.2. The van der Waals surface area contributed by atoms with E-state index in [1.807, 2.05) is 23.1 Å². The molecule has 1 aliphatic rings. The summed E-state index contributed by atoms with van der Waals surface area (Å²) in [4.78, 5) is 15.1. The molecular weight excluding hydrogens is 392 g/mol. The van der Waals surface area contributed by atoms with Crippen molar-refractivity contribution in [2.75, 3.05) is 31.7 Å². The van der Waals surface area contributed by atoms with E-state index in [0.29, 0.717) is 29.3 Å². The van der Waals surface area contributed by atoms with E-state index in [2.05, 4.69) is 4.72 Å². The number of carbonyl (C=O) groups excluding carboxylic acids is 1. The number of hydrogen-bond acceptors (Lipinski definition) is 5. The molecule has 29 heavy (non-hydrogen) atoms. The van der Waals surface area contributed by atoms with E-state index in [1.165, 1.54) is 0 Å². The van der Waals surface area contributed by atoms with Crippen molar-refractivity contribution >= 4 is 21.6 Å². The number of anilines is 1. The highest BCUT2D eigenvalue weighted by Gasteiger charge is 2.31. The molecule has 8 heteroatoms. The van der Waals surface area contributed by atoms with Crippen LogP contribution in [0, 0.1) is 6.92 Å². The molecule has 0 aromatic heterocycles. The molecule has 1 amide bonds. The summed E-state index contributed by atoms with van der Waals surface area (Å²) in [6.07, 6.45) is 2.83. The van der Waals surface area contributed by atoms with Crippen LogP contribution in [0.15, 0.2) is 36.4 Å². The zero-order valence-electron chi connectivity index (χ0n) is 17.1. The molecular formula is C21H26N2O5S. The standard InChI is InChI=1S/C21H26N2O5S/c1-14-7-8-16(12-17(14)22-29(4,25)26)21(24)23-11-5-6-18(23)15-9-10-19(27-2)20(13-15)28-3/h7-10,12-13,18,22H,5-6,11H2,1-4H3/t18-/m1/s1. The Balaban J connectivity index is 1.90. The number of hydrogen-bond donors (Lipinski definition) is 1. The summed E-state index contributed by atoms with van der Waals surface area (Å²) in [5.74, 6) is 1.14. The van der Waals surface area contributed by atoms with Crippen LogP contribution in [-0.2, 0) is 10.0 Å². The van der Waals surface area contributed by atoms with Crippen molar-refractivity contribution in [2.45, 2.75) is 25.8 Å². The lowest BCUT2D eigenvalue weighted by molar-refractivity contribution is 0.0735.